The number of ether oxygens (including phenoxy) is 2. The Hall–Kier alpha value is -1.75. The van der Waals surface area contributed by atoms with Crippen LogP contribution in [0.4, 0.5) is 5.82 Å². The summed E-state index contributed by atoms with van der Waals surface area (Å²) in [4.78, 5) is 6.59. The first-order valence-corrected chi connectivity index (χ1v) is 8.31. The van der Waals surface area contributed by atoms with Crippen LogP contribution in [0.25, 0.3) is 0 Å². The number of aromatic nitrogens is 1. The van der Waals surface area contributed by atoms with E-state index < -0.39 is 5.60 Å². The third-order valence-electron chi connectivity index (χ3n) is 4.49. The second-order valence-corrected chi connectivity index (χ2v) is 7.30. The molecule has 1 N–H and O–H groups in total. The largest absolute Gasteiger partial charge is 0.492 e. The van der Waals surface area contributed by atoms with E-state index in [1.807, 2.05) is 17.9 Å². The van der Waals surface area contributed by atoms with Gasteiger partial charge >= 0.3 is 0 Å². The molecule has 0 aromatic carbocycles. The van der Waals surface area contributed by atoms with Gasteiger partial charge in [0, 0.05) is 11.6 Å². The molecule has 0 radical (unpaired) electrons. The van der Waals surface area contributed by atoms with Gasteiger partial charge in [-0.1, -0.05) is 13.8 Å². The van der Waals surface area contributed by atoms with Crippen LogP contribution >= 0.6 is 0 Å². The lowest BCUT2D eigenvalue weighted by molar-refractivity contribution is -0.0337. The maximum atomic E-state index is 10.00. The summed E-state index contributed by atoms with van der Waals surface area (Å²) in [6.45, 7) is 11.4. The lowest BCUT2D eigenvalue weighted by atomic mass is 9.76. The Labute approximate surface area is 137 Å². The van der Waals surface area contributed by atoms with E-state index in [2.05, 4.69) is 25.4 Å². The summed E-state index contributed by atoms with van der Waals surface area (Å²) < 4.78 is 11.5. The summed E-state index contributed by atoms with van der Waals surface area (Å²) in [7, 11) is 0. The molecule has 2 heterocycles. The van der Waals surface area contributed by atoms with Gasteiger partial charge in [0.2, 0.25) is 0 Å². The number of hydrogen-bond donors (Lipinski definition) is 1. The van der Waals surface area contributed by atoms with Crippen LogP contribution in [0.3, 0.4) is 0 Å². The molecule has 0 bridgehead atoms. The first-order valence-electron chi connectivity index (χ1n) is 8.31. The molecule has 0 unspecified atom stereocenters. The normalized spacial score (nSPS) is 26.6. The van der Waals surface area contributed by atoms with Gasteiger partial charge in [-0.25, -0.2) is 4.98 Å². The first-order chi connectivity index (χ1) is 10.9. The number of aliphatic hydroxyl groups is 1. The summed E-state index contributed by atoms with van der Waals surface area (Å²) in [6.07, 6.45) is 4.18. The molecule has 0 atom stereocenters. The molecule has 3 rings (SSSR count). The van der Waals surface area contributed by atoms with E-state index >= 15 is 0 Å². The van der Waals surface area contributed by atoms with Crippen LogP contribution in [0.5, 0.6) is 5.75 Å². The molecule has 1 fully saturated rings. The van der Waals surface area contributed by atoms with E-state index in [1.54, 1.807) is 6.20 Å². The Kier molecular flexibility index (Phi) is 4.23. The second kappa shape index (κ2) is 6.04. The topological polar surface area (TPSA) is 54.8 Å². The van der Waals surface area contributed by atoms with E-state index in [4.69, 9.17) is 9.47 Å². The van der Waals surface area contributed by atoms with Gasteiger partial charge in [0.15, 0.2) is 5.88 Å². The highest BCUT2D eigenvalue weighted by molar-refractivity contribution is 5.56. The summed E-state index contributed by atoms with van der Waals surface area (Å²) in [5.74, 6) is 2.88. The molecule has 5 heteroatoms. The Morgan fingerprint density at radius 1 is 1.52 bits per heavy atom. The molecule has 1 aliphatic heterocycles. The standard InChI is InChI=1S/C18H26N2O3/c1-12(2)5-6-22-16-7-14-11-23-13(3)20(17(14)19-10-16)15-8-18(4,21)9-15/h7,10,12,15,21H,3,5-6,8-9,11H2,1-2,4H3/t15-,18+. The minimum absolute atomic E-state index is 0.191. The Bertz CT molecular complexity index is 590. The van der Waals surface area contributed by atoms with Gasteiger partial charge in [0.1, 0.15) is 18.2 Å². The SMILES string of the molecule is C=C1OCc2cc(OCCC(C)C)cnc2N1[C@H]1C[C@@](C)(O)C1. The third kappa shape index (κ3) is 3.44. The Morgan fingerprint density at radius 2 is 2.26 bits per heavy atom. The molecule has 0 saturated heterocycles. The molecule has 5 nitrogen and oxygen atoms in total. The van der Waals surface area contributed by atoms with Crippen molar-refractivity contribution in [3.05, 3.63) is 30.3 Å². The van der Waals surface area contributed by atoms with Gasteiger partial charge in [-0.15, -0.1) is 0 Å². The van der Waals surface area contributed by atoms with Crippen molar-refractivity contribution in [1.29, 1.82) is 0 Å². The zero-order valence-corrected chi connectivity index (χ0v) is 14.2. The molecule has 0 amide bonds. The molecule has 2 aliphatic rings. The maximum Gasteiger partial charge on any atom is 0.188 e. The van der Waals surface area contributed by atoms with Crippen molar-refractivity contribution in [3.63, 3.8) is 0 Å². The predicted molar refractivity (Wildman–Crippen MR) is 89.2 cm³/mol. The first kappa shape index (κ1) is 16.1. The van der Waals surface area contributed by atoms with Crippen molar-refractivity contribution >= 4 is 5.82 Å². The van der Waals surface area contributed by atoms with Crippen LogP contribution in [-0.2, 0) is 11.3 Å². The van der Waals surface area contributed by atoms with Crippen LogP contribution < -0.4 is 9.64 Å². The number of pyridine rings is 1. The molecule has 1 aromatic heterocycles. The van der Waals surface area contributed by atoms with Crippen LogP contribution in [0.2, 0.25) is 0 Å². The molecule has 1 aliphatic carbocycles. The third-order valence-corrected chi connectivity index (χ3v) is 4.49. The van der Waals surface area contributed by atoms with Gasteiger partial charge in [0.25, 0.3) is 0 Å². The van der Waals surface area contributed by atoms with Crippen LogP contribution in [-0.4, -0.2) is 28.3 Å². The Morgan fingerprint density at radius 3 is 2.91 bits per heavy atom. The lowest BCUT2D eigenvalue weighted by Gasteiger charge is -2.48. The molecule has 126 valence electrons. The van der Waals surface area contributed by atoms with E-state index in [0.29, 0.717) is 37.9 Å². The average molecular weight is 318 g/mol. The number of hydrogen-bond acceptors (Lipinski definition) is 5. The summed E-state index contributed by atoms with van der Waals surface area (Å²) in [5, 5.41) is 10.00. The van der Waals surface area contributed by atoms with E-state index in [0.717, 1.165) is 23.6 Å². The summed E-state index contributed by atoms with van der Waals surface area (Å²) >= 11 is 0. The number of fused-ring (bicyclic) bond motifs is 1. The van der Waals surface area contributed by atoms with Crippen molar-refractivity contribution in [2.75, 3.05) is 11.5 Å². The maximum absolute atomic E-state index is 10.00. The van der Waals surface area contributed by atoms with Crippen LogP contribution in [0.1, 0.15) is 45.6 Å². The van der Waals surface area contributed by atoms with Gasteiger partial charge in [-0.2, -0.15) is 0 Å². The lowest BCUT2D eigenvalue weighted by Crippen LogP contribution is -2.54. The van der Waals surface area contributed by atoms with Crippen LogP contribution in [0, 0.1) is 5.92 Å². The minimum Gasteiger partial charge on any atom is -0.492 e. The highest BCUT2D eigenvalue weighted by atomic mass is 16.5. The molecule has 23 heavy (non-hydrogen) atoms. The van der Waals surface area contributed by atoms with Gasteiger partial charge in [-0.05, 0) is 44.7 Å². The van der Waals surface area contributed by atoms with Gasteiger partial charge in [0.05, 0.1) is 18.4 Å². The summed E-state index contributed by atoms with van der Waals surface area (Å²) in [6, 6.07) is 2.19. The minimum atomic E-state index is -0.595. The van der Waals surface area contributed by atoms with Crippen molar-refractivity contribution in [2.45, 2.75) is 58.3 Å². The number of nitrogens with zero attached hydrogens (tertiary/aromatic N) is 2. The molecule has 1 saturated carbocycles. The van der Waals surface area contributed by atoms with E-state index in [-0.39, 0.29) is 6.04 Å². The fourth-order valence-corrected chi connectivity index (χ4v) is 3.16. The van der Waals surface area contributed by atoms with Crippen molar-refractivity contribution in [1.82, 2.24) is 4.98 Å². The summed E-state index contributed by atoms with van der Waals surface area (Å²) in [5.41, 5.74) is 0.411. The quantitative estimate of drug-likeness (QED) is 0.903. The molecular weight excluding hydrogens is 292 g/mol. The fourth-order valence-electron chi connectivity index (χ4n) is 3.16. The van der Waals surface area contributed by atoms with E-state index in [9.17, 15) is 5.11 Å². The van der Waals surface area contributed by atoms with Crippen LogP contribution in [0.15, 0.2) is 24.7 Å². The average Bonchev–Trinajstić information content (AvgIpc) is 2.44. The van der Waals surface area contributed by atoms with Crippen molar-refractivity contribution < 1.29 is 14.6 Å². The van der Waals surface area contributed by atoms with Gasteiger partial charge < -0.3 is 14.6 Å². The second-order valence-electron chi connectivity index (χ2n) is 7.30. The molecular formula is C18H26N2O3. The Balaban J connectivity index is 1.73. The predicted octanol–water partition coefficient (Wildman–Crippen LogP) is 3.23. The number of anilines is 1. The molecule has 1 aromatic rings. The van der Waals surface area contributed by atoms with Crippen molar-refractivity contribution in [3.8, 4) is 5.75 Å². The van der Waals surface area contributed by atoms with Gasteiger partial charge in [-0.3, -0.25) is 4.90 Å². The highest BCUT2D eigenvalue weighted by Gasteiger charge is 2.44. The van der Waals surface area contributed by atoms with Crippen molar-refractivity contribution in [2.24, 2.45) is 5.92 Å². The smallest absolute Gasteiger partial charge is 0.188 e. The fraction of sp³-hybridized carbons (Fsp3) is 0.611. The monoisotopic (exact) mass is 318 g/mol. The zero-order valence-electron chi connectivity index (χ0n) is 14.2. The number of rotatable bonds is 5. The van der Waals surface area contributed by atoms with E-state index in [1.165, 1.54) is 0 Å². The highest BCUT2D eigenvalue weighted by Crippen LogP contribution is 2.42. The molecule has 0 spiro atoms. The zero-order chi connectivity index (χ0) is 16.6.